The van der Waals surface area contributed by atoms with E-state index >= 15 is 0 Å². The van der Waals surface area contributed by atoms with Gasteiger partial charge in [0.2, 0.25) is 5.78 Å². The van der Waals surface area contributed by atoms with Gasteiger partial charge in [0.25, 0.3) is 0 Å². The summed E-state index contributed by atoms with van der Waals surface area (Å²) in [5.41, 5.74) is 0.617. The number of carbonyl (C=O) groups excluding carboxylic acids is 3. The number of amides is 1. The topological polar surface area (TPSA) is 72.5 Å². The average molecular weight is 317 g/mol. The van der Waals surface area contributed by atoms with Crippen molar-refractivity contribution in [1.29, 1.82) is 0 Å². The van der Waals surface area contributed by atoms with Gasteiger partial charge in [-0.25, -0.2) is 4.79 Å². The first-order chi connectivity index (χ1) is 10.6. The lowest BCUT2D eigenvalue weighted by Gasteiger charge is -2.02. The zero-order valence-electron chi connectivity index (χ0n) is 12.0. The third-order valence-electron chi connectivity index (χ3n) is 2.81. The fraction of sp³-hybridized carbons (Fsp3) is 0.188. The molecular formula is C16H15NO4S. The molecule has 1 amide bonds. The number of ether oxygens (including phenoxy) is 1. The fourth-order valence-electron chi connectivity index (χ4n) is 1.76. The van der Waals surface area contributed by atoms with Gasteiger partial charge < -0.3 is 10.1 Å². The highest BCUT2D eigenvalue weighted by atomic mass is 32.1. The van der Waals surface area contributed by atoms with Crippen LogP contribution in [0.4, 0.5) is 0 Å². The Morgan fingerprint density at radius 2 is 1.82 bits per heavy atom. The summed E-state index contributed by atoms with van der Waals surface area (Å²) in [6.07, 6.45) is 0. The van der Waals surface area contributed by atoms with Gasteiger partial charge in [-0.15, -0.1) is 11.3 Å². The van der Waals surface area contributed by atoms with Gasteiger partial charge in [-0.2, -0.15) is 0 Å². The van der Waals surface area contributed by atoms with Gasteiger partial charge in [0, 0.05) is 10.4 Å². The van der Waals surface area contributed by atoms with E-state index in [1.165, 1.54) is 11.3 Å². The van der Waals surface area contributed by atoms with Crippen molar-refractivity contribution in [2.75, 3.05) is 6.61 Å². The SMILES string of the molecule is CCOC(=O)C(=O)NCc1ccc(C(=O)c2ccccc2)s1. The van der Waals surface area contributed by atoms with Crippen LogP contribution in [0.25, 0.3) is 0 Å². The van der Waals surface area contributed by atoms with Gasteiger partial charge in [-0.1, -0.05) is 30.3 Å². The zero-order chi connectivity index (χ0) is 15.9. The minimum Gasteiger partial charge on any atom is -0.459 e. The number of nitrogens with one attached hydrogen (secondary N) is 1. The highest BCUT2D eigenvalue weighted by Gasteiger charge is 2.15. The summed E-state index contributed by atoms with van der Waals surface area (Å²) in [4.78, 5) is 36.2. The molecule has 0 aliphatic rings. The molecule has 0 spiro atoms. The summed E-state index contributed by atoms with van der Waals surface area (Å²) in [5, 5.41) is 2.46. The van der Waals surface area contributed by atoms with Crippen LogP contribution in [0.3, 0.4) is 0 Å². The molecule has 1 heterocycles. The van der Waals surface area contributed by atoms with Crippen molar-refractivity contribution in [1.82, 2.24) is 5.32 Å². The molecule has 0 radical (unpaired) electrons. The minimum atomic E-state index is -0.903. The van der Waals surface area contributed by atoms with E-state index in [0.29, 0.717) is 10.4 Å². The van der Waals surface area contributed by atoms with E-state index in [0.717, 1.165) is 4.88 Å². The molecule has 5 nitrogen and oxygen atoms in total. The fourth-order valence-corrected chi connectivity index (χ4v) is 2.67. The van der Waals surface area contributed by atoms with Gasteiger partial charge in [0.15, 0.2) is 0 Å². The Kier molecular flexibility index (Phi) is 5.43. The molecule has 0 aliphatic heterocycles. The Labute approximate surface area is 131 Å². The van der Waals surface area contributed by atoms with E-state index in [1.807, 2.05) is 6.07 Å². The van der Waals surface area contributed by atoms with E-state index in [-0.39, 0.29) is 18.9 Å². The molecule has 1 N–H and O–H groups in total. The minimum absolute atomic E-state index is 0.0615. The highest BCUT2D eigenvalue weighted by Crippen LogP contribution is 2.20. The van der Waals surface area contributed by atoms with E-state index in [2.05, 4.69) is 10.1 Å². The van der Waals surface area contributed by atoms with Crippen LogP contribution in [-0.4, -0.2) is 24.3 Å². The smallest absolute Gasteiger partial charge is 0.396 e. The third-order valence-corrected chi connectivity index (χ3v) is 3.89. The predicted octanol–water partition coefficient (Wildman–Crippen LogP) is 2.16. The second kappa shape index (κ2) is 7.51. The molecular weight excluding hydrogens is 302 g/mol. The van der Waals surface area contributed by atoms with E-state index in [4.69, 9.17) is 0 Å². The molecule has 0 aliphatic carbocycles. The molecule has 2 rings (SSSR count). The number of thiophene rings is 1. The summed E-state index contributed by atoms with van der Waals surface area (Å²) in [6.45, 7) is 1.97. The molecule has 22 heavy (non-hydrogen) atoms. The van der Waals surface area contributed by atoms with Crippen LogP contribution in [0, 0.1) is 0 Å². The Balaban J connectivity index is 1.96. The monoisotopic (exact) mass is 317 g/mol. The second-order valence-electron chi connectivity index (χ2n) is 4.36. The molecule has 2 aromatic rings. The highest BCUT2D eigenvalue weighted by molar-refractivity contribution is 7.14. The van der Waals surface area contributed by atoms with Crippen molar-refractivity contribution in [3.05, 3.63) is 57.8 Å². The lowest BCUT2D eigenvalue weighted by atomic mass is 10.1. The number of benzene rings is 1. The first kappa shape index (κ1) is 15.9. The molecule has 0 bridgehead atoms. The van der Waals surface area contributed by atoms with Crippen molar-refractivity contribution in [2.45, 2.75) is 13.5 Å². The first-order valence-electron chi connectivity index (χ1n) is 6.75. The number of rotatable bonds is 5. The van der Waals surface area contributed by atoms with Crippen molar-refractivity contribution < 1.29 is 19.1 Å². The molecule has 1 aromatic carbocycles. The molecule has 1 aromatic heterocycles. The largest absolute Gasteiger partial charge is 0.459 e. The van der Waals surface area contributed by atoms with Gasteiger partial charge >= 0.3 is 11.9 Å². The van der Waals surface area contributed by atoms with Crippen LogP contribution in [0.2, 0.25) is 0 Å². The van der Waals surface area contributed by atoms with Crippen molar-refractivity contribution in [3.8, 4) is 0 Å². The van der Waals surface area contributed by atoms with Crippen LogP contribution < -0.4 is 5.32 Å². The van der Waals surface area contributed by atoms with Crippen LogP contribution in [0.1, 0.15) is 27.0 Å². The van der Waals surface area contributed by atoms with Crippen LogP contribution >= 0.6 is 11.3 Å². The lowest BCUT2D eigenvalue weighted by Crippen LogP contribution is -2.31. The van der Waals surface area contributed by atoms with Crippen molar-refractivity contribution in [3.63, 3.8) is 0 Å². The molecule has 0 saturated heterocycles. The quantitative estimate of drug-likeness (QED) is 0.521. The Hall–Kier alpha value is -2.47. The average Bonchev–Trinajstić information content (AvgIpc) is 3.02. The van der Waals surface area contributed by atoms with Gasteiger partial charge in [0.05, 0.1) is 18.0 Å². The Morgan fingerprint density at radius 1 is 1.09 bits per heavy atom. The van der Waals surface area contributed by atoms with Gasteiger partial charge in [-0.3, -0.25) is 9.59 Å². The molecule has 6 heteroatoms. The Bertz CT molecular complexity index is 678. The second-order valence-corrected chi connectivity index (χ2v) is 5.53. The zero-order valence-corrected chi connectivity index (χ0v) is 12.8. The van der Waals surface area contributed by atoms with Crippen LogP contribution in [-0.2, 0) is 20.9 Å². The van der Waals surface area contributed by atoms with E-state index < -0.39 is 11.9 Å². The molecule has 0 unspecified atom stereocenters. The summed E-state index contributed by atoms with van der Waals surface area (Å²) in [7, 11) is 0. The van der Waals surface area contributed by atoms with Gasteiger partial charge in [-0.05, 0) is 19.1 Å². The van der Waals surface area contributed by atoms with Crippen LogP contribution in [0.15, 0.2) is 42.5 Å². The Morgan fingerprint density at radius 3 is 2.50 bits per heavy atom. The molecule has 114 valence electrons. The maximum Gasteiger partial charge on any atom is 0.396 e. The molecule has 0 atom stereocenters. The predicted molar refractivity (Wildman–Crippen MR) is 82.7 cm³/mol. The first-order valence-corrected chi connectivity index (χ1v) is 7.57. The number of esters is 1. The number of hydrogen-bond donors (Lipinski definition) is 1. The van der Waals surface area contributed by atoms with Crippen molar-refractivity contribution in [2.24, 2.45) is 0 Å². The van der Waals surface area contributed by atoms with E-state index in [1.54, 1.807) is 43.3 Å². The van der Waals surface area contributed by atoms with Gasteiger partial charge in [0.1, 0.15) is 0 Å². The third kappa shape index (κ3) is 4.02. The van der Waals surface area contributed by atoms with Crippen LogP contribution in [0.5, 0.6) is 0 Å². The molecule has 0 saturated carbocycles. The number of carbonyl (C=O) groups is 3. The summed E-state index contributed by atoms with van der Waals surface area (Å²) >= 11 is 1.29. The maximum absolute atomic E-state index is 12.2. The number of ketones is 1. The van der Waals surface area contributed by atoms with Crippen molar-refractivity contribution >= 4 is 29.0 Å². The summed E-state index contributed by atoms with van der Waals surface area (Å²) in [5.74, 6) is -1.75. The lowest BCUT2D eigenvalue weighted by molar-refractivity contribution is -0.154. The van der Waals surface area contributed by atoms with E-state index in [9.17, 15) is 14.4 Å². The number of hydrogen-bond acceptors (Lipinski definition) is 5. The molecule has 0 fully saturated rings. The standard InChI is InChI=1S/C16H15NO4S/c1-2-21-16(20)15(19)17-10-12-8-9-13(22-12)14(18)11-6-4-3-5-7-11/h3-9H,2,10H2,1H3,(H,17,19). The summed E-state index contributed by atoms with van der Waals surface area (Å²) < 4.78 is 4.59. The maximum atomic E-state index is 12.2. The summed E-state index contributed by atoms with van der Waals surface area (Å²) in [6, 6.07) is 12.4. The normalized spacial score (nSPS) is 10.0.